The molecule has 0 unspecified atom stereocenters. The lowest BCUT2D eigenvalue weighted by Gasteiger charge is -2.21. The van der Waals surface area contributed by atoms with E-state index in [0.29, 0.717) is 5.75 Å². The summed E-state index contributed by atoms with van der Waals surface area (Å²) in [6.07, 6.45) is 0.337. The number of imide groups is 1. The number of nitrogens with one attached hydrogen (secondary N) is 1. The number of aryl methyl sites for hydroxylation is 2. The standard InChI is InChI=1S/C19H22N2O5/c1-9-4-5-12(8-10(9)2)25-11(3)17(22)20-21-18(23)15-13-6-7-14(26-13)16(15)19(21)24/h4-5,8,11,13-16H,6-7H2,1-3H3,(H,20,22)/t11-,13-,14-,15-,16+/m1/s1. The van der Waals surface area contributed by atoms with Crippen LogP contribution in [0.25, 0.3) is 0 Å². The fraction of sp³-hybridized carbons (Fsp3) is 0.526. The van der Waals surface area contributed by atoms with Gasteiger partial charge in [0.05, 0.1) is 24.0 Å². The van der Waals surface area contributed by atoms with Gasteiger partial charge in [-0.15, -0.1) is 0 Å². The number of carbonyl (C=O) groups is 3. The number of benzene rings is 1. The van der Waals surface area contributed by atoms with Gasteiger partial charge in [-0.2, -0.15) is 5.01 Å². The van der Waals surface area contributed by atoms with Crippen LogP contribution in [0.1, 0.15) is 30.9 Å². The van der Waals surface area contributed by atoms with Gasteiger partial charge in [0.25, 0.3) is 17.7 Å². The van der Waals surface area contributed by atoms with E-state index in [-0.39, 0.29) is 24.0 Å². The number of carbonyl (C=O) groups excluding carboxylic acids is 3. The summed E-state index contributed by atoms with van der Waals surface area (Å²) in [6, 6.07) is 5.56. The zero-order chi connectivity index (χ0) is 18.6. The Balaban J connectivity index is 1.42. The molecule has 7 heteroatoms. The highest BCUT2D eigenvalue weighted by Gasteiger charge is 2.63. The first kappa shape index (κ1) is 17.0. The van der Waals surface area contributed by atoms with E-state index in [2.05, 4.69) is 5.43 Å². The predicted molar refractivity (Wildman–Crippen MR) is 90.9 cm³/mol. The Bertz CT molecular complexity index is 764. The Kier molecular flexibility index (Phi) is 3.99. The second-order valence-corrected chi connectivity index (χ2v) is 7.34. The molecule has 26 heavy (non-hydrogen) atoms. The molecule has 0 aliphatic carbocycles. The Labute approximate surface area is 151 Å². The number of fused-ring (bicyclic) bond motifs is 5. The van der Waals surface area contributed by atoms with Crippen molar-refractivity contribution in [1.82, 2.24) is 10.4 Å². The summed E-state index contributed by atoms with van der Waals surface area (Å²) in [7, 11) is 0. The smallest absolute Gasteiger partial charge is 0.279 e. The van der Waals surface area contributed by atoms with Crippen LogP contribution in [0.15, 0.2) is 18.2 Å². The highest BCUT2D eigenvalue weighted by Crippen LogP contribution is 2.48. The van der Waals surface area contributed by atoms with Crippen molar-refractivity contribution < 1.29 is 23.9 Å². The minimum absolute atomic E-state index is 0.201. The van der Waals surface area contributed by atoms with Gasteiger partial charge in [0.15, 0.2) is 6.10 Å². The molecule has 1 aromatic carbocycles. The number of hydrogen-bond acceptors (Lipinski definition) is 5. The average Bonchev–Trinajstić information content (AvgIpc) is 3.28. The largest absolute Gasteiger partial charge is 0.481 e. The van der Waals surface area contributed by atoms with Crippen LogP contribution in [0.3, 0.4) is 0 Å². The Hall–Kier alpha value is -2.41. The molecule has 1 N–H and O–H groups in total. The molecule has 138 valence electrons. The first-order valence-corrected chi connectivity index (χ1v) is 8.94. The predicted octanol–water partition coefficient (Wildman–Crippen LogP) is 1.26. The lowest BCUT2D eigenvalue weighted by Crippen LogP contribution is -2.51. The van der Waals surface area contributed by atoms with Gasteiger partial charge >= 0.3 is 0 Å². The molecule has 2 bridgehead atoms. The summed E-state index contributed by atoms with van der Waals surface area (Å²) in [5, 5.41) is 0.867. The molecule has 0 saturated carbocycles. The van der Waals surface area contributed by atoms with Crippen molar-refractivity contribution in [3.63, 3.8) is 0 Å². The third kappa shape index (κ3) is 2.58. The average molecular weight is 358 g/mol. The highest BCUT2D eigenvalue weighted by atomic mass is 16.5. The van der Waals surface area contributed by atoms with Gasteiger partial charge in [0, 0.05) is 0 Å². The quantitative estimate of drug-likeness (QED) is 0.819. The number of hydrogen-bond donors (Lipinski definition) is 1. The van der Waals surface area contributed by atoms with Crippen molar-refractivity contribution in [1.29, 1.82) is 0 Å². The number of ether oxygens (including phenoxy) is 2. The van der Waals surface area contributed by atoms with Crippen LogP contribution >= 0.6 is 0 Å². The Morgan fingerprint density at radius 1 is 1.15 bits per heavy atom. The van der Waals surface area contributed by atoms with Crippen molar-refractivity contribution in [3.05, 3.63) is 29.3 Å². The summed E-state index contributed by atoms with van der Waals surface area (Å²) in [5.74, 6) is -1.63. The number of nitrogens with zero attached hydrogens (tertiary/aromatic N) is 1. The third-order valence-electron chi connectivity index (χ3n) is 5.67. The molecular weight excluding hydrogens is 336 g/mol. The molecule has 7 nitrogen and oxygen atoms in total. The SMILES string of the molecule is Cc1ccc(O[C@H](C)C(=O)NN2C(=O)[C@@H]3[C@H](C2=O)[C@H]2CC[C@H]3O2)cc1C. The van der Waals surface area contributed by atoms with E-state index in [4.69, 9.17) is 9.47 Å². The van der Waals surface area contributed by atoms with Gasteiger partial charge in [0.2, 0.25) is 0 Å². The maximum atomic E-state index is 12.6. The Morgan fingerprint density at radius 2 is 1.77 bits per heavy atom. The number of amides is 3. The molecule has 1 aromatic rings. The molecule has 4 rings (SSSR count). The Morgan fingerprint density at radius 3 is 2.35 bits per heavy atom. The second-order valence-electron chi connectivity index (χ2n) is 7.34. The van der Waals surface area contributed by atoms with Crippen LogP contribution in [-0.4, -0.2) is 41.0 Å². The molecule has 3 fully saturated rings. The van der Waals surface area contributed by atoms with Crippen molar-refractivity contribution in [2.24, 2.45) is 11.8 Å². The van der Waals surface area contributed by atoms with Gasteiger partial charge < -0.3 is 9.47 Å². The summed E-state index contributed by atoms with van der Waals surface area (Å²) < 4.78 is 11.3. The molecule has 3 amide bonds. The van der Waals surface area contributed by atoms with Crippen molar-refractivity contribution >= 4 is 17.7 Å². The van der Waals surface area contributed by atoms with E-state index in [1.807, 2.05) is 26.0 Å². The maximum Gasteiger partial charge on any atom is 0.279 e. The van der Waals surface area contributed by atoms with Gasteiger partial charge in [-0.05, 0) is 56.9 Å². The van der Waals surface area contributed by atoms with Crippen LogP contribution in [0.4, 0.5) is 0 Å². The first-order chi connectivity index (χ1) is 12.4. The minimum atomic E-state index is -0.842. The molecule has 0 aromatic heterocycles. The van der Waals surface area contributed by atoms with Crippen LogP contribution in [0.2, 0.25) is 0 Å². The summed E-state index contributed by atoms with van der Waals surface area (Å²) in [4.78, 5) is 37.5. The molecule has 3 aliphatic heterocycles. The fourth-order valence-corrected chi connectivity index (χ4v) is 4.07. The summed E-state index contributed by atoms with van der Waals surface area (Å²) >= 11 is 0. The normalized spacial score (nSPS) is 30.5. The van der Waals surface area contributed by atoms with E-state index >= 15 is 0 Å². The number of rotatable bonds is 4. The molecule has 3 aliphatic rings. The van der Waals surface area contributed by atoms with Gasteiger partial charge in [-0.25, -0.2) is 0 Å². The van der Waals surface area contributed by atoms with Crippen LogP contribution in [-0.2, 0) is 19.1 Å². The molecule has 3 saturated heterocycles. The summed E-state index contributed by atoms with van der Waals surface area (Å²) in [6.45, 7) is 5.54. The van der Waals surface area contributed by atoms with Crippen molar-refractivity contribution in [2.75, 3.05) is 0 Å². The molecule has 3 heterocycles. The molecule has 5 atom stereocenters. The van der Waals surface area contributed by atoms with E-state index in [9.17, 15) is 14.4 Å². The lowest BCUT2D eigenvalue weighted by molar-refractivity contribution is -0.153. The van der Waals surface area contributed by atoms with Crippen LogP contribution < -0.4 is 10.2 Å². The van der Waals surface area contributed by atoms with E-state index in [1.54, 1.807) is 13.0 Å². The number of hydrazine groups is 1. The van der Waals surface area contributed by atoms with Crippen LogP contribution in [0.5, 0.6) is 5.75 Å². The van der Waals surface area contributed by atoms with E-state index < -0.39 is 23.8 Å². The second kappa shape index (κ2) is 6.09. The molecule has 0 radical (unpaired) electrons. The van der Waals surface area contributed by atoms with Crippen molar-refractivity contribution in [2.45, 2.75) is 51.9 Å². The first-order valence-electron chi connectivity index (χ1n) is 8.94. The topological polar surface area (TPSA) is 84.9 Å². The molecular formula is C19H22N2O5. The van der Waals surface area contributed by atoms with Gasteiger partial charge in [-0.3, -0.25) is 19.8 Å². The van der Waals surface area contributed by atoms with Gasteiger partial charge in [0.1, 0.15) is 5.75 Å². The van der Waals surface area contributed by atoms with Gasteiger partial charge in [-0.1, -0.05) is 6.07 Å². The van der Waals surface area contributed by atoms with Crippen molar-refractivity contribution in [3.8, 4) is 5.75 Å². The summed E-state index contributed by atoms with van der Waals surface area (Å²) in [5.41, 5.74) is 4.63. The monoisotopic (exact) mass is 358 g/mol. The van der Waals surface area contributed by atoms with E-state index in [1.165, 1.54) is 0 Å². The third-order valence-corrected chi connectivity index (χ3v) is 5.67. The zero-order valence-corrected chi connectivity index (χ0v) is 15.0. The van der Waals surface area contributed by atoms with E-state index in [0.717, 1.165) is 29.0 Å². The molecule has 0 spiro atoms. The zero-order valence-electron chi connectivity index (χ0n) is 15.0. The highest BCUT2D eigenvalue weighted by molar-refractivity contribution is 6.07. The minimum Gasteiger partial charge on any atom is -0.481 e. The maximum absolute atomic E-state index is 12.6. The van der Waals surface area contributed by atoms with Crippen LogP contribution in [0, 0.1) is 25.7 Å². The lowest BCUT2D eigenvalue weighted by atomic mass is 9.81. The fourth-order valence-electron chi connectivity index (χ4n) is 4.07.